The van der Waals surface area contributed by atoms with E-state index in [2.05, 4.69) is 4.98 Å². The number of ether oxygens (including phenoxy) is 1. The normalized spacial score (nSPS) is 17.5. The van der Waals surface area contributed by atoms with Crippen molar-refractivity contribution < 1.29 is 14.6 Å². The summed E-state index contributed by atoms with van der Waals surface area (Å²) in [5, 5.41) is 11.8. The highest BCUT2D eigenvalue weighted by atomic mass is 32.1. The number of thiazole rings is 1. The van der Waals surface area contributed by atoms with Crippen LogP contribution in [0, 0.1) is 5.92 Å². The van der Waals surface area contributed by atoms with Crippen molar-refractivity contribution >= 4 is 17.2 Å². The van der Waals surface area contributed by atoms with Gasteiger partial charge in [0.2, 0.25) is 0 Å². The van der Waals surface area contributed by atoms with Crippen LogP contribution in [0.3, 0.4) is 0 Å². The number of benzene rings is 1. The van der Waals surface area contributed by atoms with E-state index in [1.807, 2.05) is 43.5 Å². The molecule has 1 unspecified atom stereocenters. The first-order valence-electron chi connectivity index (χ1n) is 8.19. The molecule has 2 heterocycles. The smallest absolute Gasteiger partial charge is 0.273 e. The lowest BCUT2D eigenvalue weighted by Gasteiger charge is -2.14. The summed E-state index contributed by atoms with van der Waals surface area (Å²) in [6.45, 7) is 5.43. The van der Waals surface area contributed by atoms with Crippen LogP contribution >= 0.6 is 11.3 Å². The first kappa shape index (κ1) is 16.9. The third-order valence-corrected chi connectivity index (χ3v) is 4.92. The van der Waals surface area contributed by atoms with Gasteiger partial charge in [0.1, 0.15) is 16.5 Å². The lowest BCUT2D eigenvalue weighted by Crippen LogP contribution is -2.29. The molecule has 0 spiro atoms. The van der Waals surface area contributed by atoms with E-state index in [0.717, 1.165) is 22.7 Å². The standard InChI is InChI=1S/C18H22N2O3S/c1-12(2)23-15-5-3-14(4-6-15)17-19-16(11-24-17)18(22)20-8-7-13(9-20)10-21/h3-6,11-13,21H,7-10H2,1-2H3. The monoisotopic (exact) mass is 346 g/mol. The average molecular weight is 346 g/mol. The fraction of sp³-hybridized carbons (Fsp3) is 0.444. The van der Waals surface area contributed by atoms with E-state index in [4.69, 9.17) is 4.74 Å². The van der Waals surface area contributed by atoms with Gasteiger partial charge in [0, 0.05) is 36.6 Å². The zero-order valence-corrected chi connectivity index (χ0v) is 14.8. The second kappa shape index (κ2) is 7.32. The van der Waals surface area contributed by atoms with Crippen molar-refractivity contribution in [3.63, 3.8) is 0 Å². The predicted molar refractivity (Wildman–Crippen MR) is 94.4 cm³/mol. The van der Waals surface area contributed by atoms with E-state index < -0.39 is 0 Å². The maximum atomic E-state index is 12.5. The van der Waals surface area contributed by atoms with Crippen molar-refractivity contribution in [2.75, 3.05) is 19.7 Å². The quantitative estimate of drug-likeness (QED) is 0.904. The van der Waals surface area contributed by atoms with Crippen LogP contribution in [-0.2, 0) is 0 Å². The Morgan fingerprint density at radius 3 is 2.79 bits per heavy atom. The second-order valence-corrected chi connectivity index (χ2v) is 7.18. The van der Waals surface area contributed by atoms with Gasteiger partial charge in [0.25, 0.3) is 5.91 Å². The molecule has 1 aliphatic heterocycles. The van der Waals surface area contributed by atoms with Gasteiger partial charge in [-0.25, -0.2) is 4.98 Å². The summed E-state index contributed by atoms with van der Waals surface area (Å²) in [6.07, 6.45) is 0.999. The molecule has 128 valence electrons. The number of carbonyl (C=O) groups is 1. The van der Waals surface area contributed by atoms with Crippen LogP contribution in [0.4, 0.5) is 0 Å². The molecule has 1 aliphatic rings. The summed E-state index contributed by atoms with van der Waals surface area (Å²) >= 11 is 1.47. The molecule has 0 bridgehead atoms. The maximum absolute atomic E-state index is 12.5. The Hall–Kier alpha value is -1.92. The number of aromatic nitrogens is 1. The van der Waals surface area contributed by atoms with Crippen LogP contribution < -0.4 is 4.74 Å². The van der Waals surface area contributed by atoms with E-state index >= 15 is 0 Å². The molecule has 1 saturated heterocycles. The van der Waals surface area contributed by atoms with Crippen LogP contribution in [0.5, 0.6) is 5.75 Å². The van der Waals surface area contributed by atoms with Crippen molar-refractivity contribution in [3.8, 4) is 16.3 Å². The Bertz CT molecular complexity index is 697. The molecule has 2 aromatic rings. The van der Waals surface area contributed by atoms with E-state index in [-0.39, 0.29) is 24.5 Å². The second-order valence-electron chi connectivity index (χ2n) is 6.32. The molecule has 1 N–H and O–H groups in total. The van der Waals surface area contributed by atoms with Gasteiger partial charge in [-0.1, -0.05) is 0 Å². The fourth-order valence-electron chi connectivity index (χ4n) is 2.78. The van der Waals surface area contributed by atoms with Gasteiger partial charge in [0.05, 0.1) is 6.10 Å². The molecule has 24 heavy (non-hydrogen) atoms. The van der Waals surface area contributed by atoms with E-state index in [0.29, 0.717) is 18.8 Å². The molecule has 1 aromatic heterocycles. The van der Waals surface area contributed by atoms with Crippen LogP contribution in [0.25, 0.3) is 10.6 Å². The van der Waals surface area contributed by atoms with Crippen LogP contribution in [0.15, 0.2) is 29.6 Å². The summed E-state index contributed by atoms with van der Waals surface area (Å²) in [6, 6.07) is 7.76. The maximum Gasteiger partial charge on any atom is 0.273 e. The van der Waals surface area contributed by atoms with Crippen molar-refractivity contribution in [2.45, 2.75) is 26.4 Å². The number of aliphatic hydroxyl groups is 1. The number of hydrogen-bond acceptors (Lipinski definition) is 5. The molecule has 6 heteroatoms. The fourth-order valence-corrected chi connectivity index (χ4v) is 3.58. The molecule has 1 fully saturated rings. The minimum atomic E-state index is -0.0480. The lowest BCUT2D eigenvalue weighted by molar-refractivity contribution is 0.0777. The highest BCUT2D eigenvalue weighted by Gasteiger charge is 2.27. The SMILES string of the molecule is CC(C)Oc1ccc(-c2nc(C(=O)N3CCC(CO)C3)cs2)cc1. The van der Waals surface area contributed by atoms with E-state index in [1.165, 1.54) is 11.3 Å². The Kier molecular flexibility index (Phi) is 5.16. The van der Waals surface area contributed by atoms with Gasteiger partial charge in [0.15, 0.2) is 0 Å². The number of likely N-dealkylation sites (tertiary alicyclic amines) is 1. The average Bonchev–Trinajstić information content (AvgIpc) is 3.24. The highest BCUT2D eigenvalue weighted by Crippen LogP contribution is 2.27. The van der Waals surface area contributed by atoms with Gasteiger partial charge in [-0.05, 0) is 44.5 Å². The molecule has 3 rings (SSSR count). The van der Waals surface area contributed by atoms with Crippen LogP contribution in [0.1, 0.15) is 30.8 Å². The summed E-state index contributed by atoms with van der Waals surface area (Å²) in [5.41, 5.74) is 1.46. The Morgan fingerprint density at radius 1 is 1.42 bits per heavy atom. The number of rotatable bonds is 5. The third kappa shape index (κ3) is 3.76. The van der Waals surface area contributed by atoms with Crippen molar-refractivity contribution in [1.29, 1.82) is 0 Å². The number of hydrogen-bond donors (Lipinski definition) is 1. The molecule has 1 amide bonds. The summed E-state index contributed by atoms with van der Waals surface area (Å²) < 4.78 is 5.64. The molecule has 0 aliphatic carbocycles. The molecule has 0 radical (unpaired) electrons. The highest BCUT2D eigenvalue weighted by molar-refractivity contribution is 7.13. The van der Waals surface area contributed by atoms with Crippen molar-refractivity contribution in [1.82, 2.24) is 9.88 Å². The minimum absolute atomic E-state index is 0.0480. The van der Waals surface area contributed by atoms with E-state index in [1.54, 1.807) is 4.90 Å². The Morgan fingerprint density at radius 2 is 2.17 bits per heavy atom. The predicted octanol–water partition coefficient (Wildman–Crippen LogP) is 3.05. The molecule has 0 saturated carbocycles. The van der Waals surface area contributed by atoms with Crippen LogP contribution in [-0.4, -0.2) is 46.7 Å². The van der Waals surface area contributed by atoms with Crippen molar-refractivity contribution in [2.24, 2.45) is 5.92 Å². The first-order valence-corrected chi connectivity index (χ1v) is 9.07. The van der Waals surface area contributed by atoms with Gasteiger partial charge < -0.3 is 14.7 Å². The number of nitrogens with zero attached hydrogens (tertiary/aromatic N) is 2. The Labute approximate surface area is 145 Å². The minimum Gasteiger partial charge on any atom is -0.491 e. The van der Waals surface area contributed by atoms with Gasteiger partial charge in [-0.3, -0.25) is 4.79 Å². The molecule has 1 aromatic carbocycles. The zero-order chi connectivity index (χ0) is 17.1. The third-order valence-electron chi connectivity index (χ3n) is 4.03. The summed E-state index contributed by atoms with van der Waals surface area (Å²) in [7, 11) is 0. The largest absolute Gasteiger partial charge is 0.491 e. The molecular formula is C18H22N2O3S. The van der Waals surface area contributed by atoms with Gasteiger partial charge >= 0.3 is 0 Å². The van der Waals surface area contributed by atoms with Gasteiger partial charge in [-0.2, -0.15) is 0 Å². The summed E-state index contributed by atoms with van der Waals surface area (Å²) in [5.74, 6) is 0.975. The topological polar surface area (TPSA) is 62.7 Å². The van der Waals surface area contributed by atoms with E-state index in [9.17, 15) is 9.90 Å². The van der Waals surface area contributed by atoms with Crippen LogP contribution in [0.2, 0.25) is 0 Å². The van der Waals surface area contributed by atoms with Gasteiger partial charge in [-0.15, -0.1) is 11.3 Å². The number of amides is 1. The lowest BCUT2D eigenvalue weighted by atomic mass is 10.1. The number of carbonyl (C=O) groups excluding carboxylic acids is 1. The molecule has 5 nitrogen and oxygen atoms in total. The first-order chi connectivity index (χ1) is 11.6. The van der Waals surface area contributed by atoms with Crippen molar-refractivity contribution in [3.05, 3.63) is 35.3 Å². The zero-order valence-electron chi connectivity index (χ0n) is 13.9. The number of aliphatic hydroxyl groups excluding tert-OH is 1. The molecular weight excluding hydrogens is 324 g/mol. The Balaban J connectivity index is 1.70. The summed E-state index contributed by atoms with van der Waals surface area (Å²) in [4.78, 5) is 18.8. The molecule has 1 atom stereocenters.